The summed E-state index contributed by atoms with van der Waals surface area (Å²) in [6.45, 7) is 3.87. The molecule has 2 aliphatic heterocycles. The minimum absolute atomic E-state index is 0.0500. The molecular formula is C18H25N3O4S. The van der Waals surface area contributed by atoms with E-state index in [1.807, 2.05) is 11.8 Å². The Bertz CT molecular complexity index is 690. The zero-order valence-electron chi connectivity index (χ0n) is 14.9. The summed E-state index contributed by atoms with van der Waals surface area (Å²) < 4.78 is 0. The van der Waals surface area contributed by atoms with Gasteiger partial charge in [-0.25, -0.2) is 4.79 Å². The van der Waals surface area contributed by atoms with E-state index in [-0.39, 0.29) is 18.5 Å². The number of thiophene rings is 1. The lowest BCUT2D eigenvalue weighted by molar-refractivity contribution is -0.141. The van der Waals surface area contributed by atoms with Crippen LogP contribution in [-0.2, 0) is 22.6 Å². The predicted molar refractivity (Wildman–Crippen MR) is 98.0 cm³/mol. The van der Waals surface area contributed by atoms with Crippen molar-refractivity contribution in [2.45, 2.75) is 45.2 Å². The van der Waals surface area contributed by atoms with Crippen molar-refractivity contribution in [2.24, 2.45) is 5.92 Å². The number of fused-ring (bicyclic) bond motifs is 1. The van der Waals surface area contributed by atoms with Gasteiger partial charge >= 0.3 is 12.0 Å². The van der Waals surface area contributed by atoms with Gasteiger partial charge < -0.3 is 20.2 Å². The van der Waals surface area contributed by atoms with Crippen molar-refractivity contribution in [1.29, 1.82) is 0 Å². The Balaban J connectivity index is 1.61. The van der Waals surface area contributed by atoms with E-state index < -0.39 is 17.9 Å². The van der Waals surface area contributed by atoms with Crippen LogP contribution in [0.15, 0.2) is 11.4 Å². The Morgan fingerprint density at radius 1 is 1.35 bits per heavy atom. The molecule has 8 heteroatoms. The molecule has 2 N–H and O–H groups in total. The number of carbonyl (C=O) groups is 3. The molecule has 7 nitrogen and oxygen atoms in total. The van der Waals surface area contributed by atoms with Crippen LogP contribution in [0.25, 0.3) is 0 Å². The smallest absolute Gasteiger partial charge is 0.318 e. The molecule has 2 atom stereocenters. The number of hydrogen-bond acceptors (Lipinski definition) is 4. The molecule has 0 bridgehead atoms. The van der Waals surface area contributed by atoms with E-state index >= 15 is 0 Å². The summed E-state index contributed by atoms with van der Waals surface area (Å²) in [5.41, 5.74) is 1.19. The van der Waals surface area contributed by atoms with Gasteiger partial charge in [0.05, 0.1) is 5.92 Å². The van der Waals surface area contributed by atoms with Crippen LogP contribution in [0, 0.1) is 5.92 Å². The van der Waals surface area contributed by atoms with Crippen LogP contribution in [0.4, 0.5) is 4.79 Å². The summed E-state index contributed by atoms with van der Waals surface area (Å²) in [4.78, 5) is 41.2. The summed E-state index contributed by atoms with van der Waals surface area (Å²) >= 11 is 1.73. The first-order valence-corrected chi connectivity index (χ1v) is 9.99. The summed E-state index contributed by atoms with van der Waals surface area (Å²) in [7, 11) is 0. The van der Waals surface area contributed by atoms with Crippen molar-refractivity contribution in [3.63, 3.8) is 0 Å². The third kappa shape index (κ3) is 4.00. The van der Waals surface area contributed by atoms with Crippen molar-refractivity contribution in [1.82, 2.24) is 15.1 Å². The van der Waals surface area contributed by atoms with E-state index in [1.165, 1.54) is 15.3 Å². The van der Waals surface area contributed by atoms with Crippen LogP contribution in [0.2, 0.25) is 0 Å². The monoisotopic (exact) mass is 379 g/mol. The van der Waals surface area contributed by atoms with Crippen molar-refractivity contribution in [3.05, 3.63) is 21.9 Å². The Kier molecular flexibility index (Phi) is 5.80. The number of carboxylic acids is 1. The SMILES string of the molecule is CCCC(NC(=O)N1CCC(C(=O)O)C1)C(=O)N1CCc2sccc2C1. The maximum Gasteiger partial charge on any atom is 0.318 e. The molecular weight excluding hydrogens is 354 g/mol. The minimum Gasteiger partial charge on any atom is -0.481 e. The normalized spacial score (nSPS) is 20.6. The fourth-order valence-electron chi connectivity index (χ4n) is 3.59. The van der Waals surface area contributed by atoms with Gasteiger partial charge in [0.25, 0.3) is 0 Å². The molecule has 3 rings (SSSR count). The van der Waals surface area contributed by atoms with Crippen molar-refractivity contribution in [2.75, 3.05) is 19.6 Å². The number of carboxylic acid groups (broad SMARTS) is 1. The third-order valence-electron chi connectivity index (χ3n) is 5.12. The summed E-state index contributed by atoms with van der Waals surface area (Å²) in [6, 6.07) is 1.16. The van der Waals surface area contributed by atoms with Crippen molar-refractivity contribution < 1.29 is 19.5 Å². The highest BCUT2D eigenvalue weighted by atomic mass is 32.1. The highest BCUT2D eigenvalue weighted by Crippen LogP contribution is 2.25. The predicted octanol–water partition coefficient (Wildman–Crippen LogP) is 1.92. The Hall–Kier alpha value is -2.09. The average molecular weight is 379 g/mol. The number of nitrogens with zero attached hydrogens (tertiary/aromatic N) is 2. The van der Waals surface area contributed by atoms with Crippen molar-refractivity contribution >= 4 is 29.2 Å². The van der Waals surface area contributed by atoms with E-state index in [2.05, 4.69) is 16.8 Å². The molecule has 1 fully saturated rings. The molecule has 2 aliphatic rings. The fraction of sp³-hybridized carbons (Fsp3) is 0.611. The standard InChI is InChI=1S/C18H25N3O4S/c1-2-3-14(19-18(25)21-7-4-13(11-21)17(23)24)16(22)20-8-5-15-12(10-20)6-9-26-15/h6,9,13-14H,2-5,7-8,10-11H2,1H3,(H,19,25)(H,23,24). The van der Waals surface area contributed by atoms with Gasteiger partial charge in [0.15, 0.2) is 0 Å². The molecule has 0 spiro atoms. The first-order chi connectivity index (χ1) is 12.5. The molecule has 0 aliphatic carbocycles. The largest absolute Gasteiger partial charge is 0.481 e. The zero-order valence-corrected chi connectivity index (χ0v) is 15.8. The van der Waals surface area contributed by atoms with Gasteiger partial charge in [-0.3, -0.25) is 9.59 Å². The lowest BCUT2D eigenvalue weighted by Crippen LogP contribution is -2.52. The summed E-state index contributed by atoms with van der Waals surface area (Å²) in [5.74, 6) is -1.44. The molecule has 3 heterocycles. The number of amides is 3. The summed E-state index contributed by atoms with van der Waals surface area (Å²) in [6.07, 6.45) is 2.68. The molecule has 0 saturated carbocycles. The van der Waals surface area contributed by atoms with E-state index in [9.17, 15) is 14.4 Å². The zero-order chi connectivity index (χ0) is 18.7. The van der Waals surface area contributed by atoms with Crippen LogP contribution >= 0.6 is 11.3 Å². The van der Waals surface area contributed by atoms with Crippen molar-refractivity contribution in [3.8, 4) is 0 Å². The highest BCUT2D eigenvalue weighted by molar-refractivity contribution is 7.10. The highest BCUT2D eigenvalue weighted by Gasteiger charge is 2.34. The van der Waals surface area contributed by atoms with E-state index in [0.717, 1.165) is 12.8 Å². The molecule has 142 valence electrons. The first-order valence-electron chi connectivity index (χ1n) is 9.11. The maximum absolute atomic E-state index is 12.9. The van der Waals surface area contributed by atoms with Gasteiger partial charge in [0.2, 0.25) is 5.91 Å². The van der Waals surface area contributed by atoms with Crippen LogP contribution < -0.4 is 5.32 Å². The second-order valence-corrected chi connectivity index (χ2v) is 7.94. The van der Waals surface area contributed by atoms with Crippen LogP contribution in [-0.4, -0.2) is 58.5 Å². The van der Waals surface area contributed by atoms with E-state index in [1.54, 1.807) is 11.3 Å². The van der Waals surface area contributed by atoms with Gasteiger partial charge in [-0.2, -0.15) is 0 Å². The minimum atomic E-state index is -0.874. The van der Waals surface area contributed by atoms with E-state index in [0.29, 0.717) is 32.5 Å². The molecule has 0 radical (unpaired) electrons. The summed E-state index contributed by atoms with van der Waals surface area (Å²) in [5, 5.41) is 14.0. The molecule has 1 aromatic rings. The number of carbonyl (C=O) groups excluding carboxylic acids is 2. The third-order valence-corrected chi connectivity index (χ3v) is 6.14. The maximum atomic E-state index is 12.9. The second-order valence-electron chi connectivity index (χ2n) is 6.94. The fourth-order valence-corrected chi connectivity index (χ4v) is 4.48. The Labute approximate surface area is 157 Å². The molecule has 3 amide bonds. The number of likely N-dealkylation sites (tertiary alicyclic amines) is 1. The lowest BCUT2D eigenvalue weighted by atomic mass is 10.1. The van der Waals surface area contributed by atoms with Gasteiger partial charge in [0, 0.05) is 31.1 Å². The van der Waals surface area contributed by atoms with Gasteiger partial charge in [-0.15, -0.1) is 11.3 Å². The van der Waals surface area contributed by atoms with Crippen LogP contribution in [0.3, 0.4) is 0 Å². The average Bonchev–Trinajstić information content (AvgIpc) is 3.29. The molecule has 1 aromatic heterocycles. The first kappa shape index (κ1) is 18.7. The van der Waals surface area contributed by atoms with Crippen LogP contribution in [0.5, 0.6) is 0 Å². The van der Waals surface area contributed by atoms with Gasteiger partial charge in [0.1, 0.15) is 6.04 Å². The van der Waals surface area contributed by atoms with Crippen LogP contribution in [0.1, 0.15) is 36.6 Å². The number of hydrogen-bond donors (Lipinski definition) is 2. The number of nitrogens with one attached hydrogen (secondary N) is 1. The Morgan fingerprint density at radius 2 is 2.15 bits per heavy atom. The topological polar surface area (TPSA) is 90.0 Å². The number of urea groups is 1. The van der Waals surface area contributed by atoms with E-state index in [4.69, 9.17) is 5.11 Å². The lowest BCUT2D eigenvalue weighted by Gasteiger charge is -2.31. The molecule has 1 saturated heterocycles. The molecule has 26 heavy (non-hydrogen) atoms. The van der Waals surface area contributed by atoms with Gasteiger partial charge in [-0.1, -0.05) is 13.3 Å². The second kappa shape index (κ2) is 8.07. The number of rotatable bonds is 5. The number of aliphatic carboxylic acids is 1. The molecule has 2 unspecified atom stereocenters. The molecule has 0 aromatic carbocycles. The Morgan fingerprint density at radius 3 is 2.85 bits per heavy atom. The van der Waals surface area contributed by atoms with Gasteiger partial charge in [-0.05, 0) is 36.3 Å². The quantitative estimate of drug-likeness (QED) is 0.818.